The Morgan fingerprint density at radius 3 is 2.67 bits per heavy atom. The predicted molar refractivity (Wildman–Crippen MR) is 82.0 cm³/mol. The first kappa shape index (κ1) is 17.3. The van der Waals surface area contributed by atoms with Gasteiger partial charge in [-0.25, -0.2) is 8.42 Å². The lowest BCUT2D eigenvalue weighted by molar-refractivity contribution is -0.119. The second-order valence-electron chi connectivity index (χ2n) is 4.93. The van der Waals surface area contributed by atoms with Crippen LogP contribution in [-0.4, -0.2) is 33.2 Å². The highest BCUT2D eigenvalue weighted by Crippen LogP contribution is 2.26. The van der Waals surface area contributed by atoms with Crippen molar-refractivity contribution < 1.29 is 17.9 Å². The molecule has 0 heterocycles. The third kappa shape index (κ3) is 4.93. The molecule has 1 aromatic carbocycles. The fourth-order valence-corrected chi connectivity index (χ4v) is 3.32. The average molecular weight is 314 g/mol. The van der Waals surface area contributed by atoms with Gasteiger partial charge in [-0.15, -0.1) is 0 Å². The number of amides is 1. The molecule has 1 rings (SSSR count). The van der Waals surface area contributed by atoms with Gasteiger partial charge < -0.3 is 15.8 Å². The molecule has 21 heavy (non-hydrogen) atoms. The Labute approximate surface area is 125 Å². The molecule has 0 saturated carbocycles. The summed E-state index contributed by atoms with van der Waals surface area (Å²) in [5.74, 6) is -0.985. The van der Waals surface area contributed by atoms with Gasteiger partial charge in [-0.3, -0.25) is 4.79 Å². The Balaban J connectivity index is 2.89. The normalized spacial score (nSPS) is 12.7. The lowest BCUT2D eigenvalue weighted by Gasteiger charge is -2.14. The van der Waals surface area contributed by atoms with Crippen LogP contribution in [0.2, 0.25) is 0 Å². The molecule has 0 bridgehead atoms. The number of methoxy groups -OCH3 is 1. The van der Waals surface area contributed by atoms with Gasteiger partial charge in [0.2, 0.25) is 5.91 Å². The highest BCUT2D eigenvalue weighted by Gasteiger charge is 2.24. The van der Waals surface area contributed by atoms with Crippen LogP contribution >= 0.6 is 0 Å². The first-order valence-corrected chi connectivity index (χ1v) is 8.41. The van der Waals surface area contributed by atoms with Crippen molar-refractivity contribution in [3.8, 4) is 5.75 Å². The zero-order valence-corrected chi connectivity index (χ0v) is 13.4. The molecule has 1 amide bonds. The minimum atomic E-state index is -3.77. The monoisotopic (exact) mass is 314 g/mol. The van der Waals surface area contributed by atoms with E-state index in [-0.39, 0.29) is 16.7 Å². The number of rotatable bonds is 7. The second-order valence-corrected chi connectivity index (χ2v) is 6.88. The van der Waals surface area contributed by atoms with Crippen molar-refractivity contribution in [3.63, 3.8) is 0 Å². The van der Waals surface area contributed by atoms with E-state index in [1.54, 1.807) is 0 Å². The summed E-state index contributed by atoms with van der Waals surface area (Å²) < 4.78 is 29.6. The van der Waals surface area contributed by atoms with E-state index in [4.69, 9.17) is 10.5 Å². The number of nitrogens with two attached hydrogens (primary N) is 1. The molecule has 1 unspecified atom stereocenters. The highest BCUT2D eigenvalue weighted by atomic mass is 32.2. The maximum atomic E-state index is 12.3. The fourth-order valence-electron chi connectivity index (χ4n) is 2.01. The maximum Gasteiger partial charge on any atom is 0.235 e. The van der Waals surface area contributed by atoms with Gasteiger partial charge >= 0.3 is 0 Å². The van der Waals surface area contributed by atoms with Crippen molar-refractivity contribution in [1.29, 1.82) is 0 Å². The summed E-state index contributed by atoms with van der Waals surface area (Å²) in [7, 11) is -2.41. The van der Waals surface area contributed by atoms with Gasteiger partial charge in [-0.05, 0) is 25.5 Å². The number of anilines is 1. The summed E-state index contributed by atoms with van der Waals surface area (Å²) in [5, 5.41) is 2.67. The van der Waals surface area contributed by atoms with Gasteiger partial charge in [0.15, 0.2) is 9.84 Å². The lowest BCUT2D eigenvalue weighted by Crippen LogP contribution is -2.36. The van der Waals surface area contributed by atoms with Crippen LogP contribution in [0.25, 0.3) is 0 Å². The highest BCUT2D eigenvalue weighted by molar-refractivity contribution is 7.92. The number of ether oxygens (including phenoxy) is 1. The van der Waals surface area contributed by atoms with E-state index in [1.807, 2.05) is 13.8 Å². The summed E-state index contributed by atoms with van der Waals surface area (Å²) in [5.41, 5.74) is 5.99. The second kappa shape index (κ2) is 7.31. The van der Waals surface area contributed by atoms with Crippen molar-refractivity contribution in [2.24, 2.45) is 0 Å². The molecule has 0 fully saturated rings. The molecule has 1 aromatic rings. The molecular formula is C14H22N2O4S. The standard InChI is InChI=1S/C14H22N2O4S/c1-4-5-10(2)16-14(17)9-21(18,19)13-7-6-11(15)8-12(13)20-3/h6-8,10H,4-5,9,15H2,1-3H3,(H,16,17). The lowest BCUT2D eigenvalue weighted by atomic mass is 10.2. The van der Waals surface area contributed by atoms with Crippen LogP contribution in [0, 0.1) is 0 Å². The van der Waals surface area contributed by atoms with Gasteiger partial charge in [0, 0.05) is 17.8 Å². The topological polar surface area (TPSA) is 98.5 Å². The summed E-state index contributed by atoms with van der Waals surface area (Å²) in [6.45, 7) is 3.84. The van der Waals surface area contributed by atoms with Gasteiger partial charge in [-0.2, -0.15) is 0 Å². The molecule has 0 aliphatic rings. The third-order valence-electron chi connectivity index (χ3n) is 2.97. The van der Waals surface area contributed by atoms with Crippen LogP contribution in [0.3, 0.4) is 0 Å². The van der Waals surface area contributed by atoms with Crippen molar-refractivity contribution in [3.05, 3.63) is 18.2 Å². The first-order valence-electron chi connectivity index (χ1n) is 6.75. The molecule has 0 aliphatic carbocycles. The van der Waals surface area contributed by atoms with E-state index in [1.165, 1.54) is 25.3 Å². The molecule has 6 nitrogen and oxygen atoms in total. The van der Waals surface area contributed by atoms with E-state index in [2.05, 4.69) is 5.32 Å². The van der Waals surface area contributed by atoms with E-state index >= 15 is 0 Å². The van der Waals surface area contributed by atoms with Crippen molar-refractivity contribution in [2.75, 3.05) is 18.6 Å². The molecule has 3 N–H and O–H groups in total. The minimum Gasteiger partial charge on any atom is -0.495 e. The van der Waals surface area contributed by atoms with E-state index in [0.29, 0.717) is 5.69 Å². The number of nitrogens with one attached hydrogen (secondary N) is 1. The largest absolute Gasteiger partial charge is 0.495 e. The molecular weight excluding hydrogens is 292 g/mol. The van der Waals surface area contributed by atoms with Crippen molar-refractivity contribution >= 4 is 21.4 Å². The van der Waals surface area contributed by atoms with Crippen molar-refractivity contribution in [2.45, 2.75) is 37.6 Å². The SMILES string of the molecule is CCCC(C)NC(=O)CS(=O)(=O)c1ccc(N)cc1OC. The molecule has 0 aromatic heterocycles. The number of nitrogen functional groups attached to an aromatic ring is 1. The van der Waals surface area contributed by atoms with Crippen molar-refractivity contribution in [1.82, 2.24) is 5.32 Å². The van der Waals surface area contributed by atoms with E-state index in [0.717, 1.165) is 12.8 Å². The van der Waals surface area contributed by atoms with Gasteiger partial charge in [0.1, 0.15) is 16.4 Å². The van der Waals surface area contributed by atoms with Crippen LogP contribution in [0.4, 0.5) is 5.69 Å². The number of sulfone groups is 1. The van der Waals surface area contributed by atoms with Gasteiger partial charge in [0.25, 0.3) is 0 Å². The van der Waals surface area contributed by atoms with Gasteiger partial charge in [0.05, 0.1) is 7.11 Å². The molecule has 7 heteroatoms. The summed E-state index contributed by atoms with van der Waals surface area (Å²) in [6, 6.07) is 4.19. The Bertz CT molecular complexity index is 599. The summed E-state index contributed by atoms with van der Waals surface area (Å²) in [6.07, 6.45) is 1.72. The Hall–Kier alpha value is -1.76. The Morgan fingerprint density at radius 2 is 2.10 bits per heavy atom. The fraction of sp³-hybridized carbons (Fsp3) is 0.500. The Kier molecular flexibility index (Phi) is 6.02. The van der Waals surface area contributed by atoms with Gasteiger partial charge in [-0.1, -0.05) is 13.3 Å². The molecule has 0 aliphatic heterocycles. The summed E-state index contributed by atoms with van der Waals surface area (Å²) in [4.78, 5) is 11.8. The predicted octanol–water partition coefficient (Wildman–Crippen LogP) is 1.36. The molecule has 0 saturated heterocycles. The quantitative estimate of drug-likeness (QED) is 0.740. The number of carbonyl (C=O) groups is 1. The number of hydrogen-bond donors (Lipinski definition) is 2. The smallest absolute Gasteiger partial charge is 0.235 e. The van der Waals surface area contributed by atoms with Crippen LogP contribution < -0.4 is 15.8 Å². The number of benzene rings is 1. The molecule has 0 radical (unpaired) electrons. The van der Waals surface area contributed by atoms with Crippen LogP contribution in [-0.2, 0) is 14.6 Å². The number of carbonyl (C=O) groups excluding carboxylic acids is 1. The molecule has 1 atom stereocenters. The average Bonchev–Trinajstić information content (AvgIpc) is 2.37. The Morgan fingerprint density at radius 1 is 1.43 bits per heavy atom. The first-order chi connectivity index (χ1) is 9.80. The number of hydrogen-bond acceptors (Lipinski definition) is 5. The zero-order valence-electron chi connectivity index (χ0n) is 12.5. The van der Waals surface area contributed by atoms with E-state index < -0.39 is 21.5 Å². The van der Waals surface area contributed by atoms with Crippen LogP contribution in [0.1, 0.15) is 26.7 Å². The molecule has 0 spiro atoms. The van der Waals surface area contributed by atoms with E-state index in [9.17, 15) is 13.2 Å². The third-order valence-corrected chi connectivity index (χ3v) is 4.62. The summed E-state index contributed by atoms with van der Waals surface area (Å²) >= 11 is 0. The molecule has 118 valence electrons. The van der Waals surface area contributed by atoms with Crippen LogP contribution in [0.5, 0.6) is 5.75 Å². The zero-order chi connectivity index (χ0) is 16.0. The van der Waals surface area contributed by atoms with Crippen LogP contribution in [0.15, 0.2) is 23.1 Å². The maximum absolute atomic E-state index is 12.3. The minimum absolute atomic E-state index is 0.0301.